The number of aromatic nitrogens is 3. The monoisotopic (exact) mass is 441 g/mol. The van der Waals surface area contributed by atoms with Crippen LogP contribution in [0.5, 0.6) is 0 Å². The molecule has 7 heteroatoms. The topological polar surface area (TPSA) is 80.1 Å². The number of fused-ring (bicyclic) bond motifs is 1. The number of benzene rings is 1. The van der Waals surface area contributed by atoms with E-state index in [1.807, 2.05) is 37.3 Å². The molecule has 0 fully saturated rings. The van der Waals surface area contributed by atoms with Crippen LogP contribution in [0.1, 0.15) is 35.7 Å². The van der Waals surface area contributed by atoms with Gasteiger partial charge in [-0.1, -0.05) is 25.5 Å². The minimum absolute atomic E-state index is 0.188. The lowest BCUT2D eigenvalue weighted by Gasteiger charge is -2.21. The molecule has 0 aliphatic rings. The maximum absolute atomic E-state index is 13.4. The second-order valence-electron chi connectivity index (χ2n) is 7.96. The molecule has 168 valence electrons. The number of carbonyl (C=O) groups is 2. The van der Waals surface area contributed by atoms with Crippen molar-refractivity contribution in [2.45, 2.75) is 26.7 Å². The molecule has 0 radical (unpaired) electrons. The number of rotatable bonds is 6. The molecule has 3 heterocycles. The van der Waals surface area contributed by atoms with Crippen LogP contribution < -0.4 is 10.2 Å². The van der Waals surface area contributed by atoms with Crippen LogP contribution >= 0.6 is 0 Å². The lowest BCUT2D eigenvalue weighted by Crippen LogP contribution is -2.38. The van der Waals surface area contributed by atoms with Crippen molar-refractivity contribution in [2.24, 2.45) is 0 Å². The third kappa shape index (κ3) is 4.48. The smallest absolute Gasteiger partial charge is 0.321 e. The second kappa shape index (κ2) is 9.65. The molecule has 33 heavy (non-hydrogen) atoms. The molecule has 4 rings (SSSR count). The average Bonchev–Trinajstić information content (AvgIpc) is 3.27. The van der Waals surface area contributed by atoms with Gasteiger partial charge in [0, 0.05) is 66.1 Å². The summed E-state index contributed by atoms with van der Waals surface area (Å²) in [6.07, 6.45) is 8.94. The number of unbranched alkanes of at least 4 members (excludes halogenated alkanes) is 1. The summed E-state index contributed by atoms with van der Waals surface area (Å²) in [7, 11) is 1.71. The minimum Gasteiger partial charge on any atom is -0.338 e. The first-order chi connectivity index (χ1) is 16.0. The van der Waals surface area contributed by atoms with Crippen LogP contribution in [0.2, 0.25) is 0 Å². The fourth-order valence-corrected chi connectivity index (χ4v) is 3.83. The van der Waals surface area contributed by atoms with Gasteiger partial charge in [-0.2, -0.15) is 0 Å². The molecule has 0 aliphatic carbocycles. The Labute approximate surface area is 193 Å². The van der Waals surface area contributed by atoms with E-state index in [0.717, 1.165) is 34.9 Å². The average molecular weight is 442 g/mol. The zero-order chi connectivity index (χ0) is 23.4. The van der Waals surface area contributed by atoms with E-state index < -0.39 is 0 Å². The summed E-state index contributed by atoms with van der Waals surface area (Å²) >= 11 is 0. The third-order valence-corrected chi connectivity index (χ3v) is 5.75. The lowest BCUT2D eigenvalue weighted by atomic mass is 10.1. The Hall–Kier alpha value is -4.00. The largest absolute Gasteiger partial charge is 0.338 e. The predicted octanol–water partition coefficient (Wildman–Crippen LogP) is 5.04. The van der Waals surface area contributed by atoms with Crippen molar-refractivity contribution in [1.29, 1.82) is 0 Å². The number of pyridine rings is 2. The summed E-state index contributed by atoms with van der Waals surface area (Å²) in [5.41, 5.74) is 4.45. The van der Waals surface area contributed by atoms with E-state index >= 15 is 0 Å². The summed E-state index contributed by atoms with van der Waals surface area (Å²) in [6, 6.07) is 13.0. The minimum atomic E-state index is -0.189. The van der Waals surface area contributed by atoms with Crippen LogP contribution in [-0.2, 0) is 0 Å². The van der Waals surface area contributed by atoms with Gasteiger partial charge in [-0.15, -0.1) is 0 Å². The van der Waals surface area contributed by atoms with Crippen LogP contribution in [0, 0.1) is 6.92 Å². The van der Waals surface area contributed by atoms with Gasteiger partial charge in [-0.05, 0) is 49.2 Å². The van der Waals surface area contributed by atoms with E-state index in [-0.39, 0.29) is 11.9 Å². The second-order valence-corrected chi connectivity index (χ2v) is 7.96. The van der Waals surface area contributed by atoms with E-state index in [9.17, 15) is 9.59 Å². The highest BCUT2D eigenvalue weighted by Crippen LogP contribution is 2.26. The first-order valence-corrected chi connectivity index (χ1v) is 11.0. The number of hydrogen-bond acceptors (Lipinski definition) is 4. The predicted molar refractivity (Wildman–Crippen MR) is 131 cm³/mol. The number of carbonyl (C=O) groups excluding carboxylic acids is 2. The fraction of sp³-hybridized carbons (Fsp3) is 0.231. The molecule has 1 aromatic carbocycles. The number of urea groups is 1. The molecule has 0 bridgehead atoms. The maximum atomic E-state index is 13.4. The summed E-state index contributed by atoms with van der Waals surface area (Å²) in [6.45, 7) is 4.56. The van der Waals surface area contributed by atoms with Gasteiger partial charge in [0.05, 0.1) is 0 Å². The van der Waals surface area contributed by atoms with Gasteiger partial charge >= 0.3 is 6.03 Å². The Morgan fingerprint density at radius 2 is 1.94 bits per heavy atom. The molecule has 0 saturated heterocycles. The highest BCUT2D eigenvalue weighted by molar-refractivity contribution is 6.04. The van der Waals surface area contributed by atoms with Crippen molar-refractivity contribution in [3.63, 3.8) is 0 Å². The summed E-state index contributed by atoms with van der Waals surface area (Å²) in [5, 5.41) is 3.78. The number of anilines is 1. The summed E-state index contributed by atoms with van der Waals surface area (Å²) in [5.74, 6) is -0.189. The molecular weight excluding hydrogens is 414 g/mol. The first-order valence-electron chi connectivity index (χ1n) is 11.0. The van der Waals surface area contributed by atoms with Crippen molar-refractivity contribution in [1.82, 2.24) is 19.9 Å². The van der Waals surface area contributed by atoms with Crippen molar-refractivity contribution >= 4 is 28.7 Å². The van der Waals surface area contributed by atoms with Crippen LogP contribution in [-0.4, -0.2) is 40.1 Å². The highest BCUT2D eigenvalue weighted by Gasteiger charge is 2.20. The molecule has 4 aromatic rings. The molecule has 0 aliphatic heterocycles. The van der Waals surface area contributed by atoms with Crippen LogP contribution in [0.15, 0.2) is 67.3 Å². The zero-order valence-corrected chi connectivity index (χ0v) is 19.1. The number of nitrogens with zero attached hydrogens (tertiary/aromatic N) is 4. The van der Waals surface area contributed by atoms with Crippen molar-refractivity contribution in [2.75, 3.05) is 18.5 Å². The quantitative estimate of drug-likeness (QED) is 0.425. The standard InChI is InChI=1S/C26H27N5O2/c1-4-5-13-28-26(33)30(3)23-10-6-9-22(18(23)2)25(32)31-14-11-19-15-21(17-29-24(19)31)20-8-7-12-27-16-20/h6-12,14-17H,4-5,13H2,1-3H3,(H,28,33). The lowest BCUT2D eigenvalue weighted by molar-refractivity contribution is 0.0964. The number of amides is 2. The van der Waals surface area contributed by atoms with Gasteiger partial charge in [-0.3, -0.25) is 19.2 Å². The van der Waals surface area contributed by atoms with E-state index in [0.29, 0.717) is 23.4 Å². The molecule has 0 saturated carbocycles. The molecule has 0 unspecified atom stereocenters. The summed E-state index contributed by atoms with van der Waals surface area (Å²) < 4.78 is 1.55. The normalized spacial score (nSPS) is 10.9. The van der Waals surface area contributed by atoms with Crippen molar-refractivity contribution in [3.05, 3.63) is 78.4 Å². The Kier molecular flexibility index (Phi) is 6.49. The molecule has 3 aromatic heterocycles. The van der Waals surface area contributed by atoms with Crippen molar-refractivity contribution in [3.8, 4) is 11.1 Å². The fourth-order valence-electron chi connectivity index (χ4n) is 3.83. The Morgan fingerprint density at radius 1 is 1.09 bits per heavy atom. The van der Waals surface area contributed by atoms with Crippen molar-refractivity contribution < 1.29 is 9.59 Å². The third-order valence-electron chi connectivity index (χ3n) is 5.75. The van der Waals surface area contributed by atoms with Gasteiger partial charge in [-0.25, -0.2) is 9.78 Å². The van der Waals surface area contributed by atoms with Crippen LogP contribution in [0.3, 0.4) is 0 Å². The van der Waals surface area contributed by atoms with Gasteiger partial charge in [0.2, 0.25) is 0 Å². The van der Waals surface area contributed by atoms with Crippen LogP contribution in [0.4, 0.5) is 10.5 Å². The summed E-state index contributed by atoms with van der Waals surface area (Å²) in [4.78, 5) is 36.2. The maximum Gasteiger partial charge on any atom is 0.321 e. The highest BCUT2D eigenvalue weighted by atomic mass is 16.2. The molecule has 7 nitrogen and oxygen atoms in total. The van der Waals surface area contributed by atoms with E-state index in [1.54, 1.807) is 53.4 Å². The SMILES string of the molecule is CCCCNC(=O)N(C)c1cccc(C(=O)n2ccc3cc(-c4cccnc4)cnc32)c1C. The Morgan fingerprint density at radius 3 is 2.70 bits per heavy atom. The molecular formula is C26H27N5O2. The van der Waals surface area contributed by atoms with Crippen LogP contribution in [0.25, 0.3) is 22.2 Å². The van der Waals surface area contributed by atoms with E-state index in [4.69, 9.17) is 0 Å². The number of nitrogens with one attached hydrogen (secondary N) is 1. The molecule has 2 amide bonds. The van der Waals surface area contributed by atoms with Gasteiger partial charge in [0.25, 0.3) is 5.91 Å². The van der Waals surface area contributed by atoms with Gasteiger partial charge in [0.1, 0.15) is 5.65 Å². The molecule has 0 spiro atoms. The molecule has 1 N–H and O–H groups in total. The first kappa shape index (κ1) is 22.2. The Bertz CT molecular complexity index is 1300. The van der Waals surface area contributed by atoms with Gasteiger partial charge < -0.3 is 5.32 Å². The number of hydrogen-bond donors (Lipinski definition) is 1. The zero-order valence-electron chi connectivity index (χ0n) is 19.1. The van der Waals surface area contributed by atoms with E-state index in [2.05, 4.69) is 22.2 Å². The van der Waals surface area contributed by atoms with E-state index in [1.165, 1.54) is 0 Å². The van der Waals surface area contributed by atoms with Gasteiger partial charge in [0.15, 0.2) is 0 Å². The molecule has 0 atom stereocenters. The Balaban J connectivity index is 1.63.